The van der Waals surface area contributed by atoms with Gasteiger partial charge in [-0.15, -0.1) is 0 Å². The van der Waals surface area contributed by atoms with Gasteiger partial charge in [-0.05, 0) is 31.9 Å². The number of piperazine rings is 1. The average molecular weight is 431 g/mol. The fraction of sp³-hybridized carbons (Fsp3) is 0.522. The van der Waals surface area contributed by atoms with E-state index in [0.29, 0.717) is 49.1 Å². The number of amides is 1. The second-order valence-corrected chi connectivity index (χ2v) is 8.99. The van der Waals surface area contributed by atoms with E-state index in [4.69, 9.17) is 21.6 Å². The van der Waals surface area contributed by atoms with Gasteiger partial charge in [-0.3, -0.25) is 4.79 Å². The molecular weight excluding hydrogens is 403 g/mol. The van der Waals surface area contributed by atoms with Crippen LogP contribution in [0.15, 0.2) is 18.2 Å². The molecule has 2 aliphatic rings. The predicted octanol–water partition coefficient (Wildman–Crippen LogP) is 4.35. The quantitative estimate of drug-likeness (QED) is 0.707. The normalized spacial score (nSPS) is 17.0. The molecule has 0 spiro atoms. The number of benzene rings is 1. The Balaban J connectivity index is 1.65. The fourth-order valence-corrected chi connectivity index (χ4v) is 4.21. The van der Waals surface area contributed by atoms with E-state index in [1.54, 1.807) is 12.1 Å². The lowest BCUT2D eigenvalue weighted by Gasteiger charge is -2.37. The highest BCUT2D eigenvalue weighted by atomic mass is 35.5. The molecule has 2 aromatic rings. The van der Waals surface area contributed by atoms with Gasteiger partial charge in [0, 0.05) is 66.3 Å². The summed E-state index contributed by atoms with van der Waals surface area (Å²) >= 11 is 6.31. The number of hydrogen-bond donors (Lipinski definition) is 0. The van der Waals surface area contributed by atoms with Crippen molar-refractivity contribution in [1.29, 1.82) is 0 Å². The minimum Gasteiger partial charge on any atom is -0.353 e. The number of hydrogen-bond acceptors (Lipinski definition) is 4. The first-order valence-corrected chi connectivity index (χ1v) is 11.1. The van der Waals surface area contributed by atoms with E-state index in [1.165, 1.54) is 6.07 Å². The zero-order valence-electron chi connectivity index (χ0n) is 17.8. The lowest BCUT2D eigenvalue weighted by molar-refractivity contribution is -0.134. The number of rotatable bonds is 5. The largest absolute Gasteiger partial charge is 0.353 e. The van der Waals surface area contributed by atoms with Gasteiger partial charge < -0.3 is 9.80 Å². The van der Waals surface area contributed by atoms with E-state index in [0.717, 1.165) is 35.7 Å². The van der Waals surface area contributed by atoms with E-state index >= 15 is 0 Å². The first-order chi connectivity index (χ1) is 14.3. The van der Waals surface area contributed by atoms with Crippen LogP contribution in [0.2, 0.25) is 5.02 Å². The summed E-state index contributed by atoms with van der Waals surface area (Å²) in [5.41, 5.74) is 2.26. The number of anilines is 1. The number of carbonyl (C=O) groups is 1. The Kier molecular flexibility index (Phi) is 5.96. The van der Waals surface area contributed by atoms with Gasteiger partial charge in [0.1, 0.15) is 17.5 Å². The zero-order valence-corrected chi connectivity index (χ0v) is 18.5. The molecule has 0 radical (unpaired) electrons. The average Bonchev–Trinajstić information content (AvgIpc) is 3.56. The number of nitrogens with zero attached hydrogens (tertiary/aromatic N) is 4. The molecule has 160 valence electrons. The Labute approximate surface area is 182 Å². The van der Waals surface area contributed by atoms with Gasteiger partial charge >= 0.3 is 0 Å². The maximum absolute atomic E-state index is 14.5. The van der Waals surface area contributed by atoms with Crippen molar-refractivity contribution in [2.24, 2.45) is 5.92 Å². The molecule has 1 amide bonds. The summed E-state index contributed by atoms with van der Waals surface area (Å²) in [5, 5.41) is 0.416. The van der Waals surface area contributed by atoms with Crippen LogP contribution in [-0.2, 0) is 11.2 Å². The molecule has 7 heteroatoms. The van der Waals surface area contributed by atoms with Crippen LogP contribution in [0.25, 0.3) is 0 Å². The molecule has 1 aliphatic heterocycles. The molecular formula is C23H28ClFN4O. The van der Waals surface area contributed by atoms with Crippen molar-refractivity contribution >= 4 is 23.3 Å². The number of aryl methyl sites for hydroxylation is 1. The predicted molar refractivity (Wildman–Crippen MR) is 117 cm³/mol. The molecule has 1 saturated heterocycles. The van der Waals surface area contributed by atoms with Crippen LogP contribution < -0.4 is 4.90 Å². The molecule has 2 fully saturated rings. The van der Waals surface area contributed by atoms with Crippen molar-refractivity contribution < 1.29 is 9.18 Å². The molecule has 0 atom stereocenters. The third kappa shape index (κ3) is 4.29. The lowest BCUT2D eigenvalue weighted by atomic mass is 10.0. The Morgan fingerprint density at radius 3 is 2.47 bits per heavy atom. The summed E-state index contributed by atoms with van der Waals surface area (Å²) in [6.45, 7) is 8.58. The maximum Gasteiger partial charge on any atom is 0.225 e. The van der Waals surface area contributed by atoms with E-state index in [1.807, 2.05) is 25.7 Å². The molecule has 1 aromatic carbocycles. The topological polar surface area (TPSA) is 49.3 Å². The number of halogens is 2. The SMILES string of the molecule is Cc1nc(C2CC2)nc(N2CCN(C(=O)C(C)C)CC2)c1Cc1c(F)cccc1Cl. The van der Waals surface area contributed by atoms with Crippen LogP contribution in [-0.4, -0.2) is 47.0 Å². The van der Waals surface area contributed by atoms with Gasteiger partial charge in [0.05, 0.1) is 0 Å². The Hall–Kier alpha value is -2.21. The van der Waals surface area contributed by atoms with Crippen molar-refractivity contribution in [2.75, 3.05) is 31.1 Å². The van der Waals surface area contributed by atoms with E-state index in [-0.39, 0.29) is 17.6 Å². The zero-order chi connectivity index (χ0) is 21.4. The van der Waals surface area contributed by atoms with Crippen molar-refractivity contribution in [1.82, 2.24) is 14.9 Å². The molecule has 0 N–H and O–H groups in total. The van der Waals surface area contributed by atoms with Gasteiger partial charge in [-0.25, -0.2) is 14.4 Å². The van der Waals surface area contributed by atoms with E-state index < -0.39 is 0 Å². The van der Waals surface area contributed by atoms with Crippen LogP contribution in [0.3, 0.4) is 0 Å². The third-order valence-electron chi connectivity index (χ3n) is 5.95. The highest BCUT2D eigenvalue weighted by molar-refractivity contribution is 6.31. The van der Waals surface area contributed by atoms with Crippen LogP contribution in [0.5, 0.6) is 0 Å². The number of carbonyl (C=O) groups excluding carboxylic acids is 1. The van der Waals surface area contributed by atoms with Gasteiger partial charge in [0.2, 0.25) is 5.91 Å². The van der Waals surface area contributed by atoms with Crippen LogP contribution in [0.4, 0.5) is 10.2 Å². The monoisotopic (exact) mass is 430 g/mol. The highest BCUT2D eigenvalue weighted by Gasteiger charge is 2.31. The van der Waals surface area contributed by atoms with Crippen molar-refractivity contribution in [2.45, 2.75) is 46.0 Å². The second kappa shape index (κ2) is 8.50. The lowest BCUT2D eigenvalue weighted by Crippen LogP contribution is -2.50. The smallest absolute Gasteiger partial charge is 0.225 e. The Bertz CT molecular complexity index is 932. The molecule has 5 nitrogen and oxygen atoms in total. The molecule has 4 rings (SSSR count). The molecule has 1 aliphatic carbocycles. The molecule has 1 saturated carbocycles. The highest BCUT2D eigenvalue weighted by Crippen LogP contribution is 2.40. The van der Waals surface area contributed by atoms with Crippen LogP contribution in [0.1, 0.15) is 55.3 Å². The number of aromatic nitrogens is 2. The Morgan fingerprint density at radius 1 is 1.17 bits per heavy atom. The molecule has 0 bridgehead atoms. The van der Waals surface area contributed by atoms with Gasteiger partial charge in [0.25, 0.3) is 0 Å². The van der Waals surface area contributed by atoms with E-state index in [9.17, 15) is 9.18 Å². The second-order valence-electron chi connectivity index (χ2n) is 8.59. The third-order valence-corrected chi connectivity index (χ3v) is 6.31. The fourth-order valence-electron chi connectivity index (χ4n) is 3.98. The summed E-state index contributed by atoms with van der Waals surface area (Å²) in [7, 11) is 0. The van der Waals surface area contributed by atoms with Crippen molar-refractivity contribution in [3.8, 4) is 0 Å². The van der Waals surface area contributed by atoms with Crippen LogP contribution >= 0.6 is 11.6 Å². The summed E-state index contributed by atoms with van der Waals surface area (Å²) in [6.07, 6.45) is 2.59. The van der Waals surface area contributed by atoms with Crippen LogP contribution in [0, 0.1) is 18.7 Å². The summed E-state index contributed by atoms with van der Waals surface area (Å²) < 4.78 is 14.5. The van der Waals surface area contributed by atoms with E-state index in [2.05, 4.69) is 4.90 Å². The summed E-state index contributed by atoms with van der Waals surface area (Å²) in [6, 6.07) is 4.77. The Morgan fingerprint density at radius 2 is 1.87 bits per heavy atom. The molecule has 30 heavy (non-hydrogen) atoms. The minimum absolute atomic E-state index is 0.00178. The molecule has 0 unspecified atom stereocenters. The van der Waals surface area contributed by atoms with Gasteiger partial charge in [-0.2, -0.15) is 0 Å². The summed E-state index contributed by atoms with van der Waals surface area (Å²) in [4.78, 5) is 26.2. The first kappa shape index (κ1) is 21.0. The summed E-state index contributed by atoms with van der Waals surface area (Å²) in [5.74, 6) is 2.04. The minimum atomic E-state index is -0.313. The van der Waals surface area contributed by atoms with Gasteiger partial charge in [0.15, 0.2) is 0 Å². The van der Waals surface area contributed by atoms with Crippen molar-refractivity contribution in [3.05, 3.63) is 51.7 Å². The first-order valence-electron chi connectivity index (χ1n) is 10.7. The molecule has 2 heterocycles. The maximum atomic E-state index is 14.5. The van der Waals surface area contributed by atoms with Gasteiger partial charge in [-0.1, -0.05) is 31.5 Å². The standard InChI is InChI=1S/C23H28ClFN4O/c1-14(2)23(30)29-11-9-28(10-12-29)22-17(13-18-19(24)5-4-6-20(18)25)15(3)26-21(27-22)16-7-8-16/h4-6,14,16H,7-13H2,1-3H3. The molecule has 1 aromatic heterocycles. The van der Waals surface area contributed by atoms with Crippen molar-refractivity contribution in [3.63, 3.8) is 0 Å².